The standard InChI is InChI=1S/C19H17N3OS/c1-14-12-13-20-19(21-14)22-18(23)17(15-8-4-2-5-9-15)24-16-10-6-3-7-11-16/h2-13,17H,1H3,(H,20,21,22,23)/t17-/m0/s1. The van der Waals surface area contributed by atoms with Gasteiger partial charge in [0.15, 0.2) is 0 Å². The number of nitrogens with zero attached hydrogens (tertiary/aromatic N) is 2. The fraction of sp³-hybridized carbons (Fsp3) is 0.105. The molecule has 0 aliphatic rings. The number of carbonyl (C=O) groups excluding carboxylic acids is 1. The van der Waals surface area contributed by atoms with Gasteiger partial charge in [0, 0.05) is 16.8 Å². The molecule has 1 N–H and O–H groups in total. The number of carbonyl (C=O) groups is 1. The van der Waals surface area contributed by atoms with Crippen molar-refractivity contribution in [1.82, 2.24) is 9.97 Å². The van der Waals surface area contributed by atoms with Gasteiger partial charge in [-0.1, -0.05) is 48.5 Å². The van der Waals surface area contributed by atoms with Crippen LogP contribution in [0.4, 0.5) is 5.95 Å². The highest BCUT2D eigenvalue weighted by Gasteiger charge is 2.22. The van der Waals surface area contributed by atoms with E-state index >= 15 is 0 Å². The van der Waals surface area contributed by atoms with Gasteiger partial charge in [0.25, 0.3) is 0 Å². The van der Waals surface area contributed by atoms with Crippen LogP contribution in [0.2, 0.25) is 0 Å². The minimum absolute atomic E-state index is 0.138. The van der Waals surface area contributed by atoms with Crippen LogP contribution in [0, 0.1) is 6.92 Å². The molecule has 0 radical (unpaired) electrons. The molecule has 0 aliphatic heterocycles. The molecule has 1 atom stereocenters. The summed E-state index contributed by atoms with van der Waals surface area (Å²) in [5.74, 6) is 0.190. The van der Waals surface area contributed by atoms with Crippen LogP contribution in [-0.2, 0) is 4.79 Å². The summed E-state index contributed by atoms with van der Waals surface area (Å²) in [6.45, 7) is 1.87. The topological polar surface area (TPSA) is 54.9 Å². The summed E-state index contributed by atoms with van der Waals surface area (Å²) >= 11 is 1.51. The van der Waals surface area contributed by atoms with Gasteiger partial charge in [-0.15, -0.1) is 11.8 Å². The number of aryl methyl sites for hydroxylation is 1. The van der Waals surface area contributed by atoms with E-state index in [4.69, 9.17) is 0 Å². The smallest absolute Gasteiger partial charge is 0.244 e. The van der Waals surface area contributed by atoms with Crippen molar-refractivity contribution in [2.24, 2.45) is 0 Å². The molecule has 120 valence electrons. The molecule has 2 aromatic carbocycles. The van der Waals surface area contributed by atoms with E-state index in [9.17, 15) is 4.79 Å². The van der Waals surface area contributed by atoms with E-state index < -0.39 is 0 Å². The van der Waals surface area contributed by atoms with Crippen LogP contribution in [0.1, 0.15) is 16.5 Å². The summed E-state index contributed by atoms with van der Waals surface area (Å²) < 4.78 is 0. The van der Waals surface area contributed by atoms with Crippen LogP contribution in [0.3, 0.4) is 0 Å². The van der Waals surface area contributed by atoms with E-state index in [1.807, 2.05) is 67.6 Å². The van der Waals surface area contributed by atoms with Crippen LogP contribution in [-0.4, -0.2) is 15.9 Å². The van der Waals surface area contributed by atoms with Crippen molar-refractivity contribution < 1.29 is 4.79 Å². The second-order valence-corrected chi connectivity index (χ2v) is 6.41. The number of thioether (sulfide) groups is 1. The largest absolute Gasteiger partial charge is 0.293 e. The molecule has 0 saturated heterocycles. The number of nitrogens with one attached hydrogen (secondary N) is 1. The monoisotopic (exact) mass is 335 g/mol. The maximum atomic E-state index is 12.8. The molecule has 0 fully saturated rings. The molecule has 1 aromatic heterocycles. The second kappa shape index (κ2) is 7.75. The van der Waals surface area contributed by atoms with Crippen molar-refractivity contribution in [2.75, 3.05) is 5.32 Å². The van der Waals surface area contributed by atoms with Gasteiger partial charge in [0.05, 0.1) is 0 Å². The Hall–Kier alpha value is -2.66. The quantitative estimate of drug-likeness (QED) is 0.708. The molecule has 0 saturated carbocycles. The fourth-order valence-electron chi connectivity index (χ4n) is 2.22. The Balaban J connectivity index is 1.85. The predicted molar refractivity (Wildman–Crippen MR) is 96.9 cm³/mol. The molecule has 24 heavy (non-hydrogen) atoms. The third-order valence-corrected chi connectivity index (χ3v) is 4.63. The summed E-state index contributed by atoms with van der Waals surface area (Å²) in [4.78, 5) is 22.2. The van der Waals surface area contributed by atoms with Crippen molar-refractivity contribution in [1.29, 1.82) is 0 Å². The number of anilines is 1. The lowest BCUT2D eigenvalue weighted by Gasteiger charge is -2.16. The molecular formula is C19H17N3OS. The molecule has 1 heterocycles. The molecule has 4 nitrogen and oxygen atoms in total. The molecule has 0 aliphatic carbocycles. The Bertz CT molecular complexity index is 809. The van der Waals surface area contributed by atoms with Crippen LogP contribution in [0.25, 0.3) is 0 Å². The maximum absolute atomic E-state index is 12.8. The Morgan fingerprint density at radius 3 is 2.33 bits per heavy atom. The zero-order valence-corrected chi connectivity index (χ0v) is 14.0. The number of hydrogen-bond acceptors (Lipinski definition) is 4. The first-order chi connectivity index (χ1) is 11.7. The van der Waals surface area contributed by atoms with E-state index in [-0.39, 0.29) is 11.2 Å². The Kier molecular flexibility index (Phi) is 5.23. The van der Waals surface area contributed by atoms with E-state index in [2.05, 4.69) is 15.3 Å². The summed E-state index contributed by atoms with van der Waals surface area (Å²) in [7, 11) is 0. The first-order valence-corrected chi connectivity index (χ1v) is 8.47. The minimum atomic E-state index is -0.377. The number of rotatable bonds is 5. The summed E-state index contributed by atoms with van der Waals surface area (Å²) in [6, 6.07) is 21.4. The molecule has 3 rings (SSSR count). The predicted octanol–water partition coefficient (Wildman–Crippen LogP) is 4.26. The minimum Gasteiger partial charge on any atom is -0.293 e. The average molecular weight is 335 g/mol. The van der Waals surface area contributed by atoms with Gasteiger partial charge in [-0.3, -0.25) is 10.1 Å². The van der Waals surface area contributed by atoms with Crippen LogP contribution >= 0.6 is 11.8 Å². The lowest BCUT2D eigenvalue weighted by Crippen LogP contribution is -2.20. The van der Waals surface area contributed by atoms with Crippen molar-refractivity contribution in [2.45, 2.75) is 17.1 Å². The molecule has 1 amide bonds. The maximum Gasteiger partial charge on any atom is 0.244 e. The van der Waals surface area contributed by atoms with E-state index in [0.717, 1.165) is 16.2 Å². The number of hydrogen-bond donors (Lipinski definition) is 1. The van der Waals surface area contributed by atoms with Crippen LogP contribution in [0.15, 0.2) is 77.8 Å². The lowest BCUT2D eigenvalue weighted by molar-refractivity contribution is -0.115. The van der Waals surface area contributed by atoms with Gasteiger partial charge in [-0.2, -0.15) is 0 Å². The first kappa shape index (κ1) is 16.2. The van der Waals surface area contributed by atoms with Crippen molar-refractivity contribution >= 4 is 23.6 Å². The number of amides is 1. The van der Waals surface area contributed by atoms with Crippen molar-refractivity contribution in [3.05, 3.63) is 84.2 Å². The van der Waals surface area contributed by atoms with Gasteiger partial charge in [0.1, 0.15) is 5.25 Å². The summed E-state index contributed by atoms with van der Waals surface area (Å²) in [5, 5.41) is 2.44. The first-order valence-electron chi connectivity index (χ1n) is 7.59. The van der Waals surface area contributed by atoms with Gasteiger partial charge in [-0.25, -0.2) is 9.97 Å². The van der Waals surface area contributed by atoms with Gasteiger partial charge < -0.3 is 0 Å². The zero-order valence-electron chi connectivity index (χ0n) is 13.2. The van der Waals surface area contributed by atoms with E-state index in [1.54, 1.807) is 12.3 Å². The average Bonchev–Trinajstić information content (AvgIpc) is 2.61. The molecule has 3 aromatic rings. The van der Waals surface area contributed by atoms with Crippen molar-refractivity contribution in [3.63, 3.8) is 0 Å². The van der Waals surface area contributed by atoms with Gasteiger partial charge >= 0.3 is 0 Å². The third kappa shape index (κ3) is 4.20. The molecule has 0 spiro atoms. The highest BCUT2D eigenvalue weighted by atomic mass is 32.2. The lowest BCUT2D eigenvalue weighted by atomic mass is 10.1. The summed E-state index contributed by atoms with van der Waals surface area (Å²) in [5.41, 5.74) is 1.75. The highest BCUT2D eigenvalue weighted by Crippen LogP contribution is 2.35. The molecule has 0 unspecified atom stereocenters. The number of aromatic nitrogens is 2. The Morgan fingerprint density at radius 2 is 1.67 bits per heavy atom. The molecule has 0 bridgehead atoms. The fourth-order valence-corrected chi connectivity index (χ4v) is 3.27. The number of benzene rings is 2. The highest BCUT2D eigenvalue weighted by molar-refractivity contribution is 8.00. The van der Waals surface area contributed by atoms with Crippen LogP contribution in [0.5, 0.6) is 0 Å². The van der Waals surface area contributed by atoms with E-state index in [1.165, 1.54) is 11.8 Å². The van der Waals surface area contributed by atoms with Crippen molar-refractivity contribution in [3.8, 4) is 0 Å². The Morgan fingerprint density at radius 1 is 1.00 bits per heavy atom. The van der Waals surface area contributed by atoms with Crippen LogP contribution < -0.4 is 5.32 Å². The normalized spacial score (nSPS) is 11.7. The summed E-state index contributed by atoms with van der Waals surface area (Å²) in [6.07, 6.45) is 1.64. The molecular weight excluding hydrogens is 318 g/mol. The third-order valence-electron chi connectivity index (χ3n) is 3.37. The SMILES string of the molecule is Cc1ccnc(NC(=O)[C@@H](Sc2ccccc2)c2ccccc2)n1. The zero-order chi connectivity index (χ0) is 16.8. The second-order valence-electron chi connectivity index (χ2n) is 5.23. The Labute approximate surface area is 145 Å². The molecule has 5 heteroatoms. The van der Waals surface area contributed by atoms with Gasteiger partial charge in [-0.05, 0) is 30.7 Å². The van der Waals surface area contributed by atoms with E-state index in [0.29, 0.717) is 5.95 Å². The van der Waals surface area contributed by atoms with Gasteiger partial charge in [0.2, 0.25) is 11.9 Å².